The summed E-state index contributed by atoms with van der Waals surface area (Å²) in [6.45, 7) is 0.485. The van der Waals surface area contributed by atoms with E-state index in [-0.39, 0.29) is 5.78 Å². The molecule has 1 aliphatic rings. The number of Topliss-reactive ketones (excluding diaryl/α,β-unsaturated/α-hetero) is 1. The Morgan fingerprint density at radius 3 is 2.61 bits per heavy atom. The lowest BCUT2D eigenvalue weighted by Crippen LogP contribution is -2.04. The van der Waals surface area contributed by atoms with Gasteiger partial charge in [-0.1, -0.05) is 42.1 Å². The predicted octanol–water partition coefficient (Wildman–Crippen LogP) is 3.26. The first-order chi connectivity index (χ1) is 11.1. The lowest BCUT2D eigenvalue weighted by Gasteiger charge is -2.03. The van der Waals surface area contributed by atoms with Crippen molar-refractivity contribution in [3.05, 3.63) is 69.6 Å². The fraction of sp³-hybridized carbons (Fsp3) is 0.111. The highest BCUT2D eigenvalue weighted by atomic mass is 32.2. The molecule has 1 aliphatic heterocycles. The zero-order chi connectivity index (χ0) is 16.4. The van der Waals surface area contributed by atoms with Gasteiger partial charge in [-0.2, -0.15) is 0 Å². The van der Waals surface area contributed by atoms with Crippen molar-refractivity contribution in [1.29, 1.82) is 0 Å². The van der Waals surface area contributed by atoms with Gasteiger partial charge >= 0.3 is 5.97 Å². The van der Waals surface area contributed by atoms with Gasteiger partial charge in [-0.25, -0.2) is 4.79 Å². The number of nitrogens with two attached hydrogens (primary N) is 1. The van der Waals surface area contributed by atoms with Crippen molar-refractivity contribution in [1.82, 2.24) is 0 Å². The van der Waals surface area contributed by atoms with Crippen molar-refractivity contribution in [3.63, 3.8) is 0 Å². The normalized spacial score (nSPS) is 14.9. The van der Waals surface area contributed by atoms with E-state index in [0.717, 1.165) is 11.1 Å². The molecule has 0 spiro atoms. The summed E-state index contributed by atoms with van der Waals surface area (Å²) in [4.78, 5) is 25.6. The quantitative estimate of drug-likeness (QED) is 0.693. The van der Waals surface area contributed by atoms with E-state index >= 15 is 0 Å². The Morgan fingerprint density at radius 2 is 1.96 bits per heavy atom. The third-order valence-corrected chi connectivity index (χ3v) is 4.78. The number of ether oxygens (including phenoxy) is 1. The maximum absolute atomic E-state index is 12.5. The van der Waals surface area contributed by atoms with E-state index in [1.165, 1.54) is 18.9 Å². The van der Waals surface area contributed by atoms with E-state index in [2.05, 4.69) is 0 Å². The zero-order valence-corrected chi connectivity index (χ0v) is 13.4. The van der Waals surface area contributed by atoms with Crippen LogP contribution in [0.15, 0.2) is 52.3 Å². The molecular weight excluding hydrogens is 310 g/mol. The molecule has 0 aromatic heterocycles. The smallest absolute Gasteiger partial charge is 0.339 e. The molecule has 116 valence electrons. The highest BCUT2D eigenvalue weighted by Crippen LogP contribution is 2.43. The van der Waals surface area contributed by atoms with Crippen LogP contribution in [0.3, 0.4) is 0 Å². The van der Waals surface area contributed by atoms with E-state index in [0.29, 0.717) is 27.5 Å². The molecule has 0 radical (unpaired) electrons. The zero-order valence-electron chi connectivity index (χ0n) is 12.5. The first kappa shape index (κ1) is 15.5. The monoisotopic (exact) mass is 325 g/mol. The molecule has 0 unspecified atom stereocenters. The minimum atomic E-state index is -0.435. The second-order valence-electron chi connectivity index (χ2n) is 5.06. The maximum atomic E-state index is 12.5. The Balaban J connectivity index is 1.96. The van der Waals surface area contributed by atoms with Gasteiger partial charge in [0.25, 0.3) is 0 Å². The average Bonchev–Trinajstić information content (AvgIpc) is 2.91. The molecule has 0 bridgehead atoms. The summed E-state index contributed by atoms with van der Waals surface area (Å²) in [6, 6.07) is 12.8. The molecule has 3 rings (SSSR count). The van der Waals surface area contributed by atoms with Crippen LogP contribution in [0.5, 0.6) is 0 Å². The number of rotatable bonds is 3. The van der Waals surface area contributed by atoms with Gasteiger partial charge in [0.05, 0.1) is 17.6 Å². The predicted molar refractivity (Wildman–Crippen MR) is 90.3 cm³/mol. The summed E-state index contributed by atoms with van der Waals surface area (Å²) in [5.74, 6) is -0.505. The topological polar surface area (TPSA) is 69.4 Å². The van der Waals surface area contributed by atoms with Gasteiger partial charge in [0, 0.05) is 17.0 Å². The van der Waals surface area contributed by atoms with Gasteiger partial charge in [0.2, 0.25) is 5.78 Å². The summed E-state index contributed by atoms with van der Waals surface area (Å²) in [5.41, 5.74) is 8.51. The number of thioether (sulfide) groups is 1. The summed E-state index contributed by atoms with van der Waals surface area (Å²) >= 11 is 1.31. The fourth-order valence-electron chi connectivity index (χ4n) is 2.38. The molecule has 0 aliphatic carbocycles. The number of hydrogen-bond acceptors (Lipinski definition) is 5. The summed E-state index contributed by atoms with van der Waals surface area (Å²) in [7, 11) is 1.33. The lowest BCUT2D eigenvalue weighted by molar-refractivity contribution is 0.0597. The highest BCUT2D eigenvalue weighted by Gasteiger charge is 2.30. The van der Waals surface area contributed by atoms with E-state index in [1.54, 1.807) is 18.2 Å². The molecule has 2 aromatic carbocycles. The van der Waals surface area contributed by atoms with Crippen LogP contribution in [0, 0.1) is 0 Å². The maximum Gasteiger partial charge on any atom is 0.339 e. The molecular formula is C18H15NO3S. The molecule has 2 N–H and O–H groups in total. The first-order valence-electron chi connectivity index (χ1n) is 7.08. The fourth-order valence-corrected chi connectivity index (χ4v) is 3.53. The minimum Gasteiger partial charge on any atom is -0.465 e. The standard InChI is InChI=1S/C18H15NO3S/c1-22-18(21)14-4-2-3-13-16(20)15(23-17(13)14)9-11-5-7-12(10-19)8-6-11/h2-9H,10,19H2,1H3/b15-9-. The third kappa shape index (κ3) is 2.93. The number of benzene rings is 2. The van der Waals surface area contributed by atoms with Gasteiger partial charge in [0.1, 0.15) is 0 Å². The van der Waals surface area contributed by atoms with E-state index < -0.39 is 5.97 Å². The number of fused-ring (bicyclic) bond motifs is 1. The van der Waals surface area contributed by atoms with Crippen LogP contribution < -0.4 is 5.73 Å². The third-order valence-electron chi connectivity index (χ3n) is 3.61. The average molecular weight is 325 g/mol. The van der Waals surface area contributed by atoms with Crippen molar-refractivity contribution in [2.45, 2.75) is 11.4 Å². The van der Waals surface area contributed by atoms with Crippen LogP contribution in [0.2, 0.25) is 0 Å². The molecule has 5 heteroatoms. The second kappa shape index (κ2) is 6.40. The number of allylic oxidation sites excluding steroid dienone is 1. The van der Waals surface area contributed by atoms with Gasteiger partial charge in [-0.05, 0) is 29.3 Å². The Morgan fingerprint density at radius 1 is 1.22 bits per heavy atom. The molecule has 4 nitrogen and oxygen atoms in total. The van der Waals surface area contributed by atoms with E-state index in [1.807, 2.05) is 30.3 Å². The summed E-state index contributed by atoms with van der Waals surface area (Å²) in [5, 5.41) is 0. The van der Waals surface area contributed by atoms with Crippen LogP contribution in [-0.4, -0.2) is 18.9 Å². The molecule has 23 heavy (non-hydrogen) atoms. The SMILES string of the molecule is COC(=O)c1cccc2c1S/C(=C\c1ccc(CN)cc1)C2=O. The molecule has 2 aromatic rings. The van der Waals surface area contributed by atoms with Crippen molar-refractivity contribution in [2.24, 2.45) is 5.73 Å². The van der Waals surface area contributed by atoms with Crippen molar-refractivity contribution in [3.8, 4) is 0 Å². The molecule has 1 heterocycles. The van der Waals surface area contributed by atoms with Gasteiger partial charge in [0.15, 0.2) is 0 Å². The number of hydrogen-bond donors (Lipinski definition) is 1. The number of carbonyl (C=O) groups is 2. The number of methoxy groups -OCH3 is 1. The van der Waals surface area contributed by atoms with Gasteiger partial charge in [-0.3, -0.25) is 4.79 Å². The largest absolute Gasteiger partial charge is 0.465 e. The number of esters is 1. The van der Waals surface area contributed by atoms with Crippen molar-refractivity contribution < 1.29 is 14.3 Å². The molecule has 0 atom stereocenters. The van der Waals surface area contributed by atoms with Crippen molar-refractivity contribution in [2.75, 3.05) is 7.11 Å². The number of carbonyl (C=O) groups excluding carboxylic acids is 2. The van der Waals surface area contributed by atoms with Gasteiger partial charge < -0.3 is 10.5 Å². The lowest BCUT2D eigenvalue weighted by atomic mass is 10.1. The van der Waals surface area contributed by atoms with Gasteiger partial charge in [-0.15, -0.1) is 0 Å². The van der Waals surface area contributed by atoms with Crippen LogP contribution >= 0.6 is 11.8 Å². The van der Waals surface area contributed by atoms with Crippen LogP contribution in [-0.2, 0) is 11.3 Å². The first-order valence-corrected chi connectivity index (χ1v) is 7.90. The molecule has 0 saturated carbocycles. The molecule has 0 fully saturated rings. The molecule has 0 amide bonds. The highest BCUT2D eigenvalue weighted by molar-refractivity contribution is 8.05. The van der Waals surface area contributed by atoms with Crippen LogP contribution in [0.1, 0.15) is 31.8 Å². The Bertz CT molecular complexity index is 810. The van der Waals surface area contributed by atoms with Crippen LogP contribution in [0.4, 0.5) is 0 Å². The summed E-state index contributed by atoms with van der Waals surface area (Å²) in [6.07, 6.45) is 1.83. The second-order valence-corrected chi connectivity index (χ2v) is 6.11. The Hall–Kier alpha value is -2.37. The number of ketones is 1. The minimum absolute atomic E-state index is 0.0707. The van der Waals surface area contributed by atoms with Crippen molar-refractivity contribution >= 4 is 29.6 Å². The Kier molecular flexibility index (Phi) is 4.32. The van der Waals surface area contributed by atoms with E-state index in [9.17, 15) is 9.59 Å². The molecule has 0 saturated heterocycles. The van der Waals surface area contributed by atoms with Crippen LogP contribution in [0.25, 0.3) is 6.08 Å². The summed E-state index contributed by atoms with van der Waals surface area (Å²) < 4.78 is 4.78. The Labute approximate surface area is 138 Å². The van der Waals surface area contributed by atoms with E-state index in [4.69, 9.17) is 10.5 Å².